The van der Waals surface area contributed by atoms with E-state index in [0.29, 0.717) is 11.6 Å². The summed E-state index contributed by atoms with van der Waals surface area (Å²) in [6.07, 6.45) is 0. The van der Waals surface area contributed by atoms with Crippen molar-refractivity contribution in [3.05, 3.63) is 62.2 Å². The van der Waals surface area contributed by atoms with Gasteiger partial charge in [0.2, 0.25) is 0 Å². The number of carbonyl (C=O) groups excluding carboxylic acids is 1. The van der Waals surface area contributed by atoms with E-state index in [1.807, 2.05) is 43.3 Å². The highest BCUT2D eigenvalue weighted by Gasteiger charge is 2.04. The molecular weight excluding hydrogens is 387 g/mol. The average Bonchev–Trinajstić information content (AvgIpc) is 2.40. The Morgan fingerprint density at radius 2 is 2.05 bits per heavy atom. The average molecular weight is 401 g/mol. The van der Waals surface area contributed by atoms with Crippen LogP contribution in [-0.2, 0) is 6.54 Å². The lowest BCUT2D eigenvalue weighted by atomic mass is 10.2. The molecule has 20 heavy (non-hydrogen) atoms. The van der Waals surface area contributed by atoms with Gasteiger partial charge in [0.25, 0.3) is 0 Å². The van der Waals surface area contributed by atoms with Crippen LogP contribution in [0.15, 0.2) is 42.5 Å². The quantitative estimate of drug-likeness (QED) is 0.728. The van der Waals surface area contributed by atoms with Crippen LogP contribution in [0.5, 0.6) is 0 Å². The molecule has 0 bridgehead atoms. The fourth-order valence-electron chi connectivity index (χ4n) is 1.76. The van der Waals surface area contributed by atoms with E-state index < -0.39 is 0 Å². The molecule has 104 valence electrons. The number of hydrogen-bond donors (Lipinski definition) is 2. The molecule has 0 aliphatic carbocycles. The maximum atomic E-state index is 11.9. The number of aryl methyl sites for hydroxylation is 1. The van der Waals surface area contributed by atoms with E-state index in [9.17, 15) is 4.79 Å². The molecule has 0 heterocycles. The molecule has 0 aliphatic heterocycles. The van der Waals surface area contributed by atoms with Crippen LogP contribution in [0.4, 0.5) is 10.5 Å². The van der Waals surface area contributed by atoms with Crippen LogP contribution in [0.25, 0.3) is 0 Å². The topological polar surface area (TPSA) is 41.1 Å². The first-order valence-electron chi connectivity index (χ1n) is 6.10. The van der Waals surface area contributed by atoms with Crippen LogP contribution in [-0.4, -0.2) is 6.03 Å². The number of hydrogen-bond acceptors (Lipinski definition) is 1. The zero-order chi connectivity index (χ0) is 14.5. The molecule has 0 radical (unpaired) electrons. The zero-order valence-electron chi connectivity index (χ0n) is 10.9. The van der Waals surface area contributed by atoms with Crippen LogP contribution in [0.2, 0.25) is 5.02 Å². The second kappa shape index (κ2) is 6.95. The lowest BCUT2D eigenvalue weighted by Crippen LogP contribution is -2.28. The van der Waals surface area contributed by atoms with E-state index >= 15 is 0 Å². The zero-order valence-corrected chi connectivity index (χ0v) is 13.8. The van der Waals surface area contributed by atoms with Crippen molar-refractivity contribution in [1.82, 2.24) is 5.32 Å². The summed E-state index contributed by atoms with van der Waals surface area (Å²) in [7, 11) is 0. The highest BCUT2D eigenvalue weighted by molar-refractivity contribution is 14.1. The van der Waals surface area contributed by atoms with Gasteiger partial charge in [0, 0.05) is 20.8 Å². The number of carbonyl (C=O) groups is 1. The minimum Gasteiger partial charge on any atom is -0.334 e. The van der Waals surface area contributed by atoms with Gasteiger partial charge in [-0.05, 0) is 71.0 Å². The highest BCUT2D eigenvalue weighted by atomic mass is 127. The smallest absolute Gasteiger partial charge is 0.319 e. The Morgan fingerprint density at radius 1 is 1.25 bits per heavy atom. The van der Waals surface area contributed by atoms with Crippen molar-refractivity contribution >= 4 is 45.9 Å². The molecule has 2 N–H and O–H groups in total. The number of urea groups is 1. The van der Waals surface area contributed by atoms with E-state index in [1.54, 1.807) is 6.07 Å². The van der Waals surface area contributed by atoms with Crippen LogP contribution >= 0.6 is 34.2 Å². The lowest BCUT2D eigenvalue weighted by molar-refractivity contribution is 0.251. The first-order valence-corrected chi connectivity index (χ1v) is 7.56. The lowest BCUT2D eigenvalue weighted by Gasteiger charge is -2.10. The molecule has 0 fully saturated rings. The standard InChI is InChI=1S/C15H14ClIN2O/c1-10-7-13(17)5-6-14(10)19-15(20)18-9-11-3-2-4-12(16)8-11/h2-8H,9H2,1H3,(H2,18,19,20). The molecule has 0 unspecified atom stereocenters. The van der Waals surface area contributed by atoms with Crippen molar-refractivity contribution in [2.45, 2.75) is 13.5 Å². The Bertz CT molecular complexity index is 631. The van der Waals surface area contributed by atoms with E-state index in [0.717, 1.165) is 20.4 Å². The van der Waals surface area contributed by atoms with Crippen molar-refractivity contribution in [2.75, 3.05) is 5.32 Å². The van der Waals surface area contributed by atoms with E-state index in [1.165, 1.54) is 0 Å². The molecule has 0 spiro atoms. The van der Waals surface area contributed by atoms with Crippen LogP contribution in [0.1, 0.15) is 11.1 Å². The third kappa shape index (κ3) is 4.38. The Kier molecular flexibility index (Phi) is 5.25. The fourth-order valence-corrected chi connectivity index (χ4v) is 2.62. The molecule has 0 saturated heterocycles. The summed E-state index contributed by atoms with van der Waals surface area (Å²) < 4.78 is 1.14. The highest BCUT2D eigenvalue weighted by Crippen LogP contribution is 2.17. The van der Waals surface area contributed by atoms with Gasteiger partial charge in [0.05, 0.1) is 0 Å². The third-order valence-corrected chi connectivity index (χ3v) is 3.68. The minimum atomic E-state index is -0.228. The number of nitrogens with one attached hydrogen (secondary N) is 2. The normalized spacial score (nSPS) is 10.2. The van der Waals surface area contributed by atoms with Gasteiger partial charge >= 0.3 is 6.03 Å². The Hall–Kier alpha value is -1.27. The van der Waals surface area contributed by atoms with Gasteiger partial charge in [-0.25, -0.2) is 4.79 Å². The summed E-state index contributed by atoms with van der Waals surface area (Å²) in [5.74, 6) is 0. The number of halogens is 2. The maximum Gasteiger partial charge on any atom is 0.319 e. The van der Waals surface area contributed by atoms with E-state index in [4.69, 9.17) is 11.6 Å². The summed E-state index contributed by atoms with van der Waals surface area (Å²) in [5.41, 5.74) is 2.82. The van der Waals surface area contributed by atoms with Gasteiger partial charge in [-0.2, -0.15) is 0 Å². The predicted molar refractivity (Wildman–Crippen MR) is 91.2 cm³/mol. The van der Waals surface area contributed by atoms with E-state index in [2.05, 4.69) is 33.2 Å². The van der Waals surface area contributed by atoms with Gasteiger partial charge in [0.1, 0.15) is 0 Å². The van der Waals surface area contributed by atoms with Crippen molar-refractivity contribution in [2.24, 2.45) is 0 Å². The van der Waals surface area contributed by atoms with Gasteiger partial charge in [-0.1, -0.05) is 23.7 Å². The van der Waals surface area contributed by atoms with Gasteiger partial charge in [0.15, 0.2) is 0 Å². The molecule has 5 heteroatoms. The molecule has 0 aliphatic rings. The number of amides is 2. The molecule has 3 nitrogen and oxygen atoms in total. The summed E-state index contributed by atoms with van der Waals surface area (Å²) >= 11 is 8.14. The van der Waals surface area contributed by atoms with Crippen molar-refractivity contribution < 1.29 is 4.79 Å². The summed E-state index contributed by atoms with van der Waals surface area (Å²) in [5, 5.41) is 6.31. The van der Waals surface area contributed by atoms with Gasteiger partial charge in [-0.15, -0.1) is 0 Å². The van der Waals surface area contributed by atoms with Crippen LogP contribution < -0.4 is 10.6 Å². The largest absolute Gasteiger partial charge is 0.334 e. The fraction of sp³-hybridized carbons (Fsp3) is 0.133. The van der Waals surface area contributed by atoms with Crippen molar-refractivity contribution in [3.8, 4) is 0 Å². The second-order valence-electron chi connectivity index (χ2n) is 4.40. The van der Waals surface area contributed by atoms with Gasteiger partial charge < -0.3 is 10.6 Å². The number of benzene rings is 2. The Labute approximate surface area is 136 Å². The second-order valence-corrected chi connectivity index (χ2v) is 6.08. The van der Waals surface area contributed by atoms with Crippen LogP contribution in [0, 0.1) is 10.5 Å². The minimum absolute atomic E-state index is 0.228. The number of rotatable bonds is 3. The Balaban J connectivity index is 1.92. The molecule has 2 amide bonds. The summed E-state index contributed by atoms with van der Waals surface area (Å²) in [6.45, 7) is 2.41. The number of anilines is 1. The van der Waals surface area contributed by atoms with Gasteiger partial charge in [-0.3, -0.25) is 0 Å². The van der Waals surface area contributed by atoms with Crippen molar-refractivity contribution in [1.29, 1.82) is 0 Å². The maximum absolute atomic E-state index is 11.9. The summed E-state index contributed by atoms with van der Waals surface area (Å²) in [4.78, 5) is 11.9. The molecule has 0 saturated carbocycles. The third-order valence-electron chi connectivity index (χ3n) is 2.78. The van der Waals surface area contributed by atoms with Crippen LogP contribution in [0.3, 0.4) is 0 Å². The van der Waals surface area contributed by atoms with E-state index in [-0.39, 0.29) is 6.03 Å². The first kappa shape index (κ1) is 15.1. The monoisotopic (exact) mass is 400 g/mol. The molecular formula is C15H14ClIN2O. The molecule has 2 aromatic carbocycles. The molecule has 2 rings (SSSR count). The molecule has 0 atom stereocenters. The summed E-state index contributed by atoms with van der Waals surface area (Å²) in [6, 6.07) is 13.1. The Morgan fingerprint density at radius 3 is 2.75 bits per heavy atom. The predicted octanol–water partition coefficient (Wildman–Crippen LogP) is 4.57. The van der Waals surface area contributed by atoms with Crippen molar-refractivity contribution in [3.63, 3.8) is 0 Å². The first-order chi connectivity index (χ1) is 9.54. The molecule has 0 aromatic heterocycles. The molecule has 2 aromatic rings. The SMILES string of the molecule is Cc1cc(I)ccc1NC(=O)NCc1cccc(Cl)c1.